The maximum Gasteiger partial charge on any atom is 0.222 e. The highest BCUT2D eigenvalue weighted by molar-refractivity contribution is 5.76. The van der Waals surface area contributed by atoms with Crippen molar-refractivity contribution < 1.29 is 9.53 Å². The Morgan fingerprint density at radius 1 is 1.29 bits per heavy atom. The van der Waals surface area contributed by atoms with Crippen LogP contribution in [0.4, 0.5) is 5.69 Å². The van der Waals surface area contributed by atoms with E-state index in [1.807, 2.05) is 19.9 Å². The molecule has 1 heterocycles. The minimum Gasteiger partial charge on any atom is -0.378 e. The summed E-state index contributed by atoms with van der Waals surface area (Å²) in [4.78, 5) is 14.2. The lowest BCUT2D eigenvalue weighted by atomic mass is 10.0. The third-order valence-electron chi connectivity index (χ3n) is 3.76. The highest BCUT2D eigenvalue weighted by Crippen LogP contribution is 2.19. The highest BCUT2D eigenvalue weighted by atomic mass is 16.5. The van der Waals surface area contributed by atoms with Crippen molar-refractivity contribution in [1.29, 1.82) is 0 Å². The molecular formula is C17H26N2O2. The van der Waals surface area contributed by atoms with Gasteiger partial charge in [0, 0.05) is 31.2 Å². The highest BCUT2D eigenvalue weighted by Gasteiger charge is 2.20. The van der Waals surface area contributed by atoms with E-state index in [1.54, 1.807) is 0 Å². The molecule has 1 aromatic rings. The molecule has 0 spiro atoms. The Balaban J connectivity index is 1.68. The van der Waals surface area contributed by atoms with E-state index in [2.05, 4.69) is 34.5 Å². The van der Waals surface area contributed by atoms with Gasteiger partial charge >= 0.3 is 0 Å². The Hall–Kier alpha value is -1.55. The fraction of sp³-hybridized carbons (Fsp3) is 0.588. The van der Waals surface area contributed by atoms with Crippen molar-refractivity contribution >= 4 is 11.6 Å². The predicted octanol–water partition coefficient (Wildman–Crippen LogP) is 2.59. The molecule has 21 heavy (non-hydrogen) atoms. The smallest absolute Gasteiger partial charge is 0.222 e. The zero-order chi connectivity index (χ0) is 15.1. The molecule has 0 aromatic heterocycles. The van der Waals surface area contributed by atoms with Crippen molar-refractivity contribution in [3.05, 3.63) is 30.3 Å². The summed E-state index contributed by atoms with van der Waals surface area (Å²) in [5.41, 5.74) is 1.27. The molecule has 1 N–H and O–H groups in total. The first kappa shape index (κ1) is 15.8. The zero-order valence-electron chi connectivity index (χ0n) is 13.0. The number of nitrogens with one attached hydrogen (secondary N) is 1. The second kappa shape index (κ2) is 8.03. The Kier molecular flexibility index (Phi) is 6.05. The van der Waals surface area contributed by atoms with E-state index in [0.717, 1.165) is 25.9 Å². The first-order valence-electron chi connectivity index (χ1n) is 7.86. The Bertz CT molecular complexity index is 426. The molecule has 0 aliphatic carbocycles. The summed E-state index contributed by atoms with van der Waals surface area (Å²) in [5.74, 6) is 0.105. The molecule has 0 bridgehead atoms. The van der Waals surface area contributed by atoms with Crippen LogP contribution in [0.25, 0.3) is 0 Å². The summed E-state index contributed by atoms with van der Waals surface area (Å²) in [6.45, 7) is 6.47. The molecule has 1 saturated heterocycles. The van der Waals surface area contributed by atoms with Gasteiger partial charge in [0.2, 0.25) is 5.91 Å². The molecule has 1 amide bonds. The number of hydrogen-bond donors (Lipinski definition) is 1. The van der Waals surface area contributed by atoms with Crippen molar-refractivity contribution in [2.75, 3.05) is 24.6 Å². The van der Waals surface area contributed by atoms with Gasteiger partial charge in [-0.2, -0.15) is 0 Å². The molecule has 0 atom stereocenters. The molecule has 116 valence electrons. The van der Waals surface area contributed by atoms with E-state index in [-0.39, 0.29) is 12.0 Å². The van der Waals surface area contributed by atoms with Crippen LogP contribution in [0.2, 0.25) is 0 Å². The Labute approximate surface area is 127 Å². The van der Waals surface area contributed by atoms with Crippen LogP contribution >= 0.6 is 0 Å². The molecule has 4 heteroatoms. The van der Waals surface area contributed by atoms with E-state index >= 15 is 0 Å². The minimum atomic E-state index is 0.105. The SMILES string of the molecule is CC(C)OCCC(=O)NC1CCN(c2ccccc2)CC1. The minimum absolute atomic E-state index is 0.105. The number of amides is 1. The van der Waals surface area contributed by atoms with Crippen LogP contribution in [0, 0.1) is 0 Å². The first-order chi connectivity index (χ1) is 10.1. The van der Waals surface area contributed by atoms with E-state index in [9.17, 15) is 4.79 Å². The molecule has 1 aliphatic rings. The number of para-hydroxylation sites is 1. The fourth-order valence-corrected chi connectivity index (χ4v) is 2.61. The summed E-state index contributed by atoms with van der Waals surface area (Å²) in [6.07, 6.45) is 2.65. The van der Waals surface area contributed by atoms with Gasteiger partial charge in [0.1, 0.15) is 0 Å². The molecule has 2 rings (SSSR count). The second-order valence-electron chi connectivity index (χ2n) is 5.83. The molecule has 0 saturated carbocycles. The lowest BCUT2D eigenvalue weighted by molar-refractivity contribution is -0.123. The molecular weight excluding hydrogens is 264 g/mol. The van der Waals surface area contributed by atoms with E-state index in [0.29, 0.717) is 19.1 Å². The summed E-state index contributed by atoms with van der Waals surface area (Å²) >= 11 is 0. The lowest BCUT2D eigenvalue weighted by Crippen LogP contribution is -2.44. The lowest BCUT2D eigenvalue weighted by Gasteiger charge is -2.34. The van der Waals surface area contributed by atoms with Crippen molar-refractivity contribution in [2.45, 2.75) is 45.3 Å². The Morgan fingerprint density at radius 3 is 2.57 bits per heavy atom. The van der Waals surface area contributed by atoms with Gasteiger partial charge in [0.15, 0.2) is 0 Å². The van der Waals surface area contributed by atoms with Gasteiger partial charge in [-0.05, 0) is 38.8 Å². The third-order valence-corrected chi connectivity index (χ3v) is 3.76. The van der Waals surface area contributed by atoms with Gasteiger partial charge in [0.25, 0.3) is 0 Å². The number of piperidine rings is 1. The predicted molar refractivity (Wildman–Crippen MR) is 85.5 cm³/mol. The van der Waals surface area contributed by atoms with E-state index in [4.69, 9.17) is 4.74 Å². The van der Waals surface area contributed by atoms with Crippen LogP contribution in [0.5, 0.6) is 0 Å². The van der Waals surface area contributed by atoms with Gasteiger partial charge in [-0.25, -0.2) is 0 Å². The maximum atomic E-state index is 11.8. The van der Waals surface area contributed by atoms with Gasteiger partial charge in [-0.15, -0.1) is 0 Å². The zero-order valence-corrected chi connectivity index (χ0v) is 13.0. The van der Waals surface area contributed by atoms with Crippen molar-refractivity contribution in [2.24, 2.45) is 0 Å². The quantitative estimate of drug-likeness (QED) is 0.875. The molecule has 1 aromatic carbocycles. The summed E-state index contributed by atoms with van der Waals surface area (Å²) in [5, 5.41) is 3.12. The normalized spacial score (nSPS) is 16.2. The van der Waals surface area contributed by atoms with E-state index < -0.39 is 0 Å². The fourth-order valence-electron chi connectivity index (χ4n) is 2.61. The summed E-state index contributed by atoms with van der Waals surface area (Å²) in [7, 11) is 0. The maximum absolute atomic E-state index is 11.8. The third kappa shape index (κ3) is 5.38. The van der Waals surface area contributed by atoms with Crippen LogP contribution in [-0.4, -0.2) is 37.7 Å². The number of hydrogen-bond acceptors (Lipinski definition) is 3. The van der Waals surface area contributed by atoms with Gasteiger partial charge in [0.05, 0.1) is 12.7 Å². The van der Waals surface area contributed by atoms with Crippen molar-refractivity contribution in [3.8, 4) is 0 Å². The second-order valence-corrected chi connectivity index (χ2v) is 5.83. The van der Waals surface area contributed by atoms with Crippen molar-refractivity contribution in [1.82, 2.24) is 5.32 Å². The molecule has 1 aliphatic heterocycles. The van der Waals surface area contributed by atoms with Crippen LogP contribution in [0.1, 0.15) is 33.1 Å². The monoisotopic (exact) mass is 290 g/mol. The number of rotatable bonds is 6. The number of carbonyl (C=O) groups is 1. The van der Waals surface area contributed by atoms with Gasteiger partial charge < -0.3 is 15.0 Å². The number of anilines is 1. The van der Waals surface area contributed by atoms with Crippen molar-refractivity contribution in [3.63, 3.8) is 0 Å². The average Bonchev–Trinajstić information content (AvgIpc) is 2.48. The number of benzene rings is 1. The molecule has 1 fully saturated rings. The topological polar surface area (TPSA) is 41.6 Å². The van der Waals surface area contributed by atoms with Crippen LogP contribution in [-0.2, 0) is 9.53 Å². The number of carbonyl (C=O) groups excluding carboxylic acids is 1. The molecule has 0 radical (unpaired) electrons. The first-order valence-corrected chi connectivity index (χ1v) is 7.86. The molecule has 4 nitrogen and oxygen atoms in total. The summed E-state index contributed by atoms with van der Waals surface area (Å²) < 4.78 is 5.41. The number of ether oxygens (including phenoxy) is 1. The van der Waals surface area contributed by atoms with E-state index in [1.165, 1.54) is 5.69 Å². The average molecular weight is 290 g/mol. The molecule has 0 unspecified atom stereocenters. The summed E-state index contributed by atoms with van der Waals surface area (Å²) in [6, 6.07) is 10.8. The Morgan fingerprint density at radius 2 is 1.95 bits per heavy atom. The van der Waals surface area contributed by atoms with Crippen LogP contribution in [0.15, 0.2) is 30.3 Å². The number of nitrogens with zero attached hydrogens (tertiary/aromatic N) is 1. The van der Waals surface area contributed by atoms with Crippen LogP contribution < -0.4 is 10.2 Å². The van der Waals surface area contributed by atoms with Gasteiger partial charge in [-0.1, -0.05) is 18.2 Å². The standard InChI is InChI=1S/C17H26N2O2/c1-14(2)21-13-10-17(20)18-15-8-11-19(12-9-15)16-6-4-3-5-7-16/h3-7,14-15H,8-13H2,1-2H3,(H,18,20). The van der Waals surface area contributed by atoms with Crippen LogP contribution in [0.3, 0.4) is 0 Å². The van der Waals surface area contributed by atoms with Gasteiger partial charge in [-0.3, -0.25) is 4.79 Å². The largest absolute Gasteiger partial charge is 0.378 e.